The van der Waals surface area contributed by atoms with E-state index in [1.165, 1.54) is 0 Å². The summed E-state index contributed by atoms with van der Waals surface area (Å²) >= 11 is 5.71. The van der Waals surface area contributed by atoms with Crippen LogP contribution >= 0.6 is 11.6 Å². The first-order valence-corrected chi connectivity index (χ1v) is 6.96. The number of aryl methyl sites for hydroxylation is 2. The summed E-state index contributed by atoms with van der Waals surface area (Å²) in [6, 6.07) is 2.02. The van der Waals surface area contributed by atoms with Crippen molar-refractivity contribution in [2.45, 2.75) is 46.7 Å². The van der Waals surface area contributed by atoms with Crippen molar-refractivity contribution in [3.63, 3.8) is 0 Å². The van der Waals surface area contributed by atoms with Crippen molar-refractivity contribution >= 4 is 17.5 Å². The van der Waals surface area contributed by atoms with E-state index >= 15 is 0 Å². The van der Waals surface area contributed by atoms with E-state index in [4.69, 9.17) is 11.6 Å². The molecule has 0 atom stereocenters. The van der Waals surface area contributed by atoms with Crippen molar-refractivity contribution in [1.29, 1.82) is 0 Å². The largest absolute Gasteiger partial charge is 0.335 e. The third kappa shape index (κ3) is 3.48. The Morgan fingerprint density at radius 2 is 2.22 bits per heavy atom. The maximum absolute atomic E-state index is 12.5. The van der Waals surface area contributed by atoms with Crippen LogP contribution in [0.4, 0.5) is 0 Å². The zero-order valence-corrected chi connectivity index (χ0v) is 12.4. The number of aromatic nitrogens is 2. The third-order valence-electron chi connectivity index (χ3n) is 2.84. The van der Waals surface area contributed by atoms with Gasteiger partial charge >= 0.3 is 0 Å². The predicted octanol–water partition coefficient (Wildman–Crippen LogP) is 2.69. The maximum Gasteiger partial charge on any atom is 0.272 e. The smallest absolute Gasteiger partial charge is 0.272 e. The Kier molecular flexibility index (Phi) is 5.66. The molecule has 1 heterocycles. The summed E-state index contributed by atoms with van der Waals surface area (Å²) in [5.41, 5.74) is 1.54. The lowest BCUT2D eigenvalue weighted by Gasteiger charge is -2.26. The molecule has 0 unspecified atom stereocenters. The molecule has 1 rings (SSSR count). The van der Waals surface area contributed by atoms with Gasteiger partial charge in [-0.05, 0) is 40.2 Å². The number of rotatable bonds is 6. The molecule has 4 nitrogen and oxygen atoms in total. The first kappa shape index (κ1) is 15.0. The second kappa shape index (κ2) is 6.78. The van der Waals surface area contributed by atoms with Gasteiger partial charge in [0.05, 0.1) is 5.69 Å². The predicted molar refractivity (Wildman–Crippen MR) is 74.1 cm³/mol. The molecule has 0 aliphatic rings. The van der Waals surface area contributed by atoms with Gasteiger partial charge in [-0.25, -0.2) is 0 Å². The Morgan fingerprint density at radius 3 is 2.72 bits per heavy atom. The number of hydrogen-bond donors (Lipinski definition) is 0. The standard InChI is InChI=1S/C13H22ClN3O/c1-5-17-12(9-11(4)15-17)13(18)16(10(2)3)8-6-7-14/h9-10H,5-8H2,1-4H3. The van der Waals surface area contributed by atoms with Crippen LogP contribution in [0.2, 0.25) is 0 Å². The van der Waals surface area contributed by atoms with Crippen molar-refractivity contribution in [3.05, 3.63) is 17.5 Å². The van der Waals surface area contributed by atoms with Crippen LogP contribution in [0.3, 0.4) is 0 Å². The zero-order chi connectivity index (χ0) is 13.7. The molecule has 5 heteroatoms. The van der Waals surface area contributed by atoms with Gasteiger partial charge in [0.15, 0.2) is 0 Å². The molecule has 0 saturated carbocycles. The number of nitrogens with zero attached hydrogens (tertiary/aromatic N) is 3. The van der Waals surface area contributed by atoms with Gasteiger partial charge in [-0.3, -0.25) is 9.48 Å². The van der Waals surface area contributed by atoms with E-state index in [-0.39, 0.29) is 11.9 Å². The lowest BCUT2D eigenvalue weighted by molar-refractivity contribution is 0.0693. The Hall–Kier alpha value is -1.03. The molecule has 18 heavy (non-hydrogen) atoms. The van der Waals surface area contributed by atoms with E-state index in [1.807, 2.05) is 38.7 Å². The number of alkyl halides is 1. The highest BCUT2D eigenvalue weighted by Crippen LogP contribution is 2.11. The van der Waals surface area contributed by atoms with Crippen LogP contribution in [-0.4, -0.2) is 39.1 Å². The summed E-state index contributed by atoms with van der Waals surface area (Å²) in [7, 11) is 0. The number of carbonyl (C=O) groups excluding carboxylic acids is 1. The molecule has 0 saturated heterocycles. The Bertz CT molecular complexity index is 401. The topological polar surface area (TPSA) is 38.1 Å². The van der Waals surface area contributed by atoms with Crippen LogP contribution in [0.1, 0.15) is 43.4 Å². The van der Waals surface area contributed by atoms with Crippen molar-refractivity contribution in [3.8, 4) is 0 Å². The Balaban J connectivity index is 2.94. The van der Waals surface area contributed by atoms with Crippen molar-refractivity contribution in [2.24, 2.45) is 0 Å². The number of hydrogen-bond acceptors (Lipinski definition) is 2. The van der Waals surface area contributed by atoms with E-state index in [1.54, 1.807) is 4.68 Å². The lowest BCUT2D eigenvalue weighted by atomic mass is 10.2. The highest BCUT2D eigenvalue weighted by Gasteiger charge is 2.22. The van der Waals surface area contributed by atoms with Crippen molar-refractivity contribution in [2.75, 3.05) is 12.4 Å². The highest BCUT2D eigenvalue weighted by atomic mass is 35.5. The number of amides is 1. The maximum atomic E-state index is 12.5. The molecular weight excluding hydrogens is 250 g/mol. The SMILES string of the molecule is CCn1nc(C)cc1C(=O)N(CCCCl)C(C)C. The zero-order valence-electron chi connectivity index (χ0n) is 11.6. The van der Waals surface area contributed by atoms with E-state index in [0.717, 1.165) is 12.1 Å². The van der Waals surface area contributed by atoms with Gasteiger partial charge < -0.3 is 4.90 Å². The lowest BCUT2D eigenvalue weighted by Crippen LogP contribution is -2.39. The van der Waals surface area contributed by atoms with Crippen molar-refractivity contribution in [1.82, 2.24) is 14.7 Å². The first-order valence-electron chi connectivity index (χ1n) is 6.42. The van der Waals surface area contributed by atoms with Crippen LogP contribution in [-0.2, 0) is 6.54 Å². The minimum Gasteiger partial charge on any atom is -0.335 e. The molecule has 0 aliphatic carbocycles. The van der Waals surface area contributed by atoms with Crippen LogP contribution in [0.15, 0.2) is 6.07 Å². The third-order valence-corrected chi connectivity index (χ3v) is 3.10. The van der Waals surface area contributed by atoms with Crippen molar-refractivity contribution < 1.29 is 4.79 Å². The van der Waals surface area contributed by atoms with Crippen LogP contribution in [0, 0.1) is 6.92 Å². The van der Waals surface area contributed by atoms with Gasteiger partial charge in [-0.1, -0.05) is 0 Å². The highest BCUT2D eigenvalue weighted by molar-refractivity contribution is 6.17. The van der Waals surface area contributed by atoms with E-state index in [2.05, 4.69) is 5.10 Å². The summed E-state index contributed by atoms with van der Waals surface area (Å²) in [5.74, 6) is 0.611. The summed E-state index contributed by atoms with van der Waals surface area (Å²) < 4.78 is 1.76. The summed E-state index contributed by atoms with van der Waals surface area (Å²) in [4.78, 5) is 14.4. The van der Waals surface area contributed by atoms with Gasteiger partial charge in [0.2, 0.25) is 0 Å². The molecule has 102 valence electrons. The fourth-order valence-electron chi connectivity index (χ4n) is 1.93. The normalized spacial score (nSPS) is 11.0. The summed E-state index contributed by atoms with van der Waals surface area (Å²) in [5, 5.41) is 4.32. The summed E-state index contributed by atoms with van der Waals surface area (Å²) in [6.07, 6.45) is 0.810. The quantitative estimate of drug-likeness (QED) is 0.746. The monoisotopic (exact) mass is 271 g/mol. The fourth-order valence-corrected chi connectivity index (χ4v) is 2.05. The van der Waals surface area contributed by atoms with Gasteiger partial charge in [0, 0.05) is 25.0 Å². The van der Waals surface area contributed by atoms with E-state index in [0.29, 0.717) is 24.7 Å². The van der Waals surface area contributed by atoms with Gasteiger partial charge in [0.25, 0.3) is 5.91 Å². The fraction of sp³-hybridized carbons (Fsp3) is 0.692. The molecule has 0 spiro atoms. The number of halogens is 1. The second-order valence-electron chi connectivity index (χ2n) is 4.62. The molecule has 1 amide bonds. The summed E-state index contributed by atoms with van der Waals surface area (Å²) in [6.45, 7) is 9.32. The number of carbonyl (C=O) groups is 1. The average Bonchev–Trinajstić information content (AvgIpc) is 2.70. The molecule has 0 aliphatic heterocycles. The van der Waals surface area contributed by atoms with Gasteiger partial charge in [-0.2, -0.15) is 5.10 Å². The minimum absolute atomic E-state index is 0.0394. The average molecular weight is 272 g/mol. The van der Waals surface area contributed by atoms with E-state index < -0.39 is 0 Å². The Labute approximate surface area is 114 Å². The van der Waals surface area contributed by atoms with Crippen LogP contribution in [0.5, 0.6) is 0 Å². The van der Waals surface area contributed by atoms with Gasteiger partial charge in [0.1, 0.15) is 5.69 Å². The van der Waals surface area contributed by atoms with Crippen LogP contribution in [0.25, 0.3) is 0 Å². The van der Waals surface area contributed by atoms with Crippen LogP contribution < -0.4 is 0 Å². The molecular formula is C13H22ClN3O. The van der Waals surface area contributed by atoms with Gasteiger partial charge in [-0.15, -0.1) is 11.6 Å². The molecule has 0 N–H and O–H groups in total. The Morgan fingerprint density at radius 1 is 1.56 bits per heavy atom. The molecule has 1 aromatic heterocycles. The molecule has 0 aromatic carbocycles. The molecule has 0 radical (unpaired) electrons. The first-order chi connectivity index (χ1) is 8.51. The molecule has 0 bridgehead atoms. The second-order valence-corrected chi connectivity index (χ2v) is 5.00. The molecule has 0 fully saturated rings. The molecule has 1 aromatic rings. The van der Waals surface area contributed by atoms with E-state index in [9.17, 15) is 4.79 Å². The minimum atomic E-state index is 0.0394.